The van der Waals surface area contributed by atoms with E-state index in [9.17, 15) is 0 Å². The van der Waals surface area contributed by atoms with Gasteiger partial charge < -0.3 is 4.74 Å². The highest BCUT2D eigenvalue weighted by Crippen LogP contribution is 2.36. The minimum Gasteiger partial charge on any atom is -0.457 e. The molecule has 0 aliphatic rings. The quantitative estimate of drug-likeness (QED) is 0.203. The van der Waals surface area contributed by atoms with E-state index in [-0.39, 0.29) is 0 Å². The standard InChI is InChI=1S/C38H34N4O/c1-24(2)32-15-13-26(4)38(27(32)5)28-22-40-41(23-28)29-9-8-10-30(20-29)43-31-14-16-34-33-11-6-7-12-35(33)42(36(34)21-31)37-19-25(3)17-18-39-37/h6-24H,1-5H3. The van der Waals surface area contributed by atoms with Gasteiger partial charge in [0, 0.05) is 40.9 Å². The molecule has 0 radical (unpaired) electrons. The van der Waals surface area contributed by atoms with E-state index >= 15 is 0 Å². The maximum absolute atomic E-state index is 6.46. The molecule has 0 bridgehead atoms. The van der Waals surface area contributed by atoms with Gasteiger partial charge in [-0.3, -0.25) is 4.57 Å². The molecule has 0 atom stereocenters. The van der Waals surface area contributed by atoms with Crippen LogP contribution in [-0.4, -0.2) is 19.3 Å². The molecular formula is C38H34N4O. The lowest BCUT2D eigenvalue weighted by atomic mass is 9.89. The molecular weight excluding hydrogens is 528 g/mol. The van der Waals surface area contributed by atoms with E-state index in [1.54, 1.807) is 0 Å². The van der Waals surface area contributed by atoms with Gasteiger partial charge in [0.1, 0.15) is 17.3 Å². The summed E-state index contributed by atoms with van der Waals surface area (Å²) in [6.45, 7) is 11.0. The van der Waals surface area contributed by atoms with Gasteiger partial charge in [-0.1, -0.05) is 50.2 Å². The second-order valence-electron chi connectivity index (χ2n) is 11.6. The summed E-state index contributed by atoms with van der Waals surface area (Å²) in [7, 11) is 0. The lowest BCUT2D eigenvalue weighted by Crippen LogP contribution is -1.98. The van der Waals surface area contributed by atoms with Crippen LogP contribution < -0.4 is 4.74 Å². The van der Waals surface area contributed by atoms with E-state index in [2.05, 4.69) is 106 Å². The number of hydrogen-bond donors (Lipinski definition) is 0. The van der Waals surface area contributed by atoms with Crippen LogP contribution in [0.3, 0.4) is 0 Å². The third kappa shape index (κ3) is 4.77. The number of ether oxygens (including phenoxy) is 1. The van der Waals surface area contributed by atoms with Crippen LogP contribution in [-0.2, 0) is 0 Å². The average Bonchev–Trinajstić information content (AvgIpc) is 3.60. The molecule has 0 aliphatic heterocycles. The van der Waals surface area contributed by atoms with Crippen LogP contribution in [0.15, 0.2) is 110 Å². The predicted octanol–water partition coefficient (Wildman–Crippen LogP) is 9.87. The maximum atomic E-state index is 6.46. The first-order chi connectivity index (χ1) is 20.9. The predicted molar refractivity (Wildman–Crippen MR) is 176 cm³/mol. The minimum atomic E-state index is 0.469. The fourth-order valence-corrected chi connectivity index (χ4v) is 6.25. The highest BCUT2D eigenvalue weighted by Gasteiger charge is 2.16. The molecule has 5 heteroatoms. The van der Waals surface area contributed by atoms with E-state index < -0.39 is 0 Å². The summed E-state index contributed by atoms with van der Waals surface area (Å²) in [6.07, 6.45) is 5.93. The molecule has 0 aliphatic carbocycles. The Morgan fingerprint density at radius 1 is 0.744 bits per heavy atom. The Morgan fingerprint density at radius 2 is 1.56 bits per heavy atom. The average molecular weight is 563 g/mol. The molecule has 212 valence electrons. The van der Waals surface area contributed by atoms with E-state index in [4.69, 9.17) is 14.8 Å². The summed E-state index contributed by atoms with van der Waals surface area (Å²) in [6, 6.07) is 31.4. The van der Waals surface area contributed by atoms with Crippen molar-refractivity contribution in [3.05, 3.63) is 132 Å². The lowest BCUT2D eigenvalue weighted by molar-refractivity contribution is 0.483. The Balaban J connectivity index is 1.24. The van der Waals surface area contributed by atoms with Crippen LogP contribution in [0, 0.1) is 20.8 Å². The number of hydrogen-bond acceptors (Lipinski definition) is 3. The summed E-state index contributed by atoms with van der Waals surface area (Å²) >= 11 is 0. The van der Waals surface area contributed by atoms with Crippen molar-refractivity contribution >= 4 is 21.8 Å². The number of pyridine rings is 1. The van der Waals surface area contributed by atoms with Crippen molar-refractivity contribution in [1.82, 2.24) is 19.3 Å². The molecule has 43 heavy (non-hydrogen) atoms. The van der Waals surface area contributed by atoms with Gasteiger partial charge in [-0.05, 0) is 97.0 Å². The molecule has 3 aromatic heterocycles. The molecule has 4 aromatic carbocycles. The number of rotatable bonds is 6. The second kappa shape index (κ2) is 10.6. The summed E-state index contributed by atoms with van der Waals surface area (Å²) in [4.78, 5) is 4.70. The third-order valence-corrected chi connectivity index (χ3v) is 8.30. The molecule has 0 spiro atoms. The van der Waals surface area contributed by atoms with E-state index in [1.165, 1.54) is 33.2 Å². The minimum absolute atomic E-state index is 0.469. The van der Waals surface area contributed by atoms with Crippen molar-refractivity contribution in [2.75, 3.05) is 0 Å². The Bertz CT molecular complexity index is 2130. The van der Waals surface area contributed by atoms with Gasteiger partial charge in [0.05, 0.1) is 22.9 Å². The van der Waals surface area contributed by atoms with Crippen LogP contribution in [0.4, 0.5) is 0 Å². The first-order valence-electron chi connectivity index (χ1n) is 14.8. The number of para-hydroxylation sites is 1. The van der Waals surface area contributed by atoms with Gasteiger partial charge in [0.15, 0.2) is 0 Å². The highest BCUT2D eigenvalue weighted by atomic mass is 16.5. The zero-order chi connectivity index (χ0) is 29.7. The third-order valence-electron chi connectivity index (χ3n) is 8.30. The first kappa shape index (κ1) is 26.7. The van der Waals surface area contributed by atoms with E-state index in [1.807, 2.05) is 47.4 Å². The zero-order valence-electron chi connectivity index (χ0n) is 25.2. The van der Waals surface area contributed by atoms with Gasteiger partial charge in [-0.2, -0.15) is 5.10 Å². The molecule has 0 N–H and O–H groups in total. The summed E-state index contributed by atoms with van der Waals surface area (Å²) in [5.74, 6) is 2.87. The van der Waals surface area contributed by atoms with Gasteiger partial charge >= 0.3 is 0 Å². The van der Waals surface area contributed by atoms with Crippen LogP contribution >= 0.6 is 0 Å². The monoisotopic (exact) mass is 562 g/mol. The van der Waals surface area contributed by atoms with Crippen LogP contribution in [0.5, 0.6) is 11.5 Å². The summed E-state index contributed by atoms with van der Waals surface area (Å²) < 4.78 is 10.6. The molecule has 5 nitrogen and oxygen atoms in total. The van der Waals surface area contributed by atoms with Crippen LogP contribution in [0.25, 0.3) is 44.4 Å². The number of aryl methyl sites for hydroxylation is 2. The Kier molecular flexibility index (Phi) is 6.58. The highest BCUT2D eigenvalue weighted by molar-refractivity contribution is 6.09. The lowest BCUT2D eigenvalue weighted by Gasteiger charge is -2.15. The smallest absolute Gasteiger partial charge is 0.137 e. The topological polar surface area (TPSA) is 44.9 Å². The van der Waals surface area contributed by atoms with Gasteiger partial charge in [-0.25, -0.2) is 9.67 Å². The van der Waals surface area contributed by atoms with Gasteiger partial charge in [0.2, 0.25) is 0 Å². The second-order valence-corrected chi connectivity index (χ2v) is 11.6. The van der Waals surface area contributed by atoms with Crippen molar-refractivity contribution in [1.29, 1.82) is 0 Å². The number of fused-ring (bicyclic) bond motifs is 3. The Morgan fingerprint density at radius 3 is 2.40 bits per heavy atom. The van der Waals surface area contributed by atoms with Gasteiger partial charge in [-0.15, -0.1) is 0 Å². The molecule has 0 amide bonds. The summed E-state index contributed by atoms with van der Waals surface area (Å²) in [5.41, 5.74) is 10.6. The number of nitrogens with zero attached hydrogens (tertiary/aromatic N) is 4. The fourth-order valence-electron chi connectivity index (χ4n) is 6.25. The van der Waals surface area contributed by atoms with E-state index in [0.717, 1.165) is 45.0 Å². The molecule has 0 saturated heterocycles. The summed E-state index contributed by atoms with van der Waals surface area (Å²) in [5, 5.41) is 7.09. The number of aromatic nitrogens is 4. The molecule has 7 rings (SSSR count). The first-order valence-corrected chi connectivity index (χ1v) is 14.8. The van der Waals surface area contributed by atoms with Crippen molar-refractivity contribution < 1.29 is 4.74 Å². The SMILES string of the molecule is Cc1ccnc(-n2c3ccccc3c3ccc(Oc4cccc(-n5cc(-c6c(C)ccc(C(C)C)c6C)cn5)c4)cc32)c1. The molecule has 7 aromatic rings. The normalized spacial score (nSPS) is 11.6. The van der Waals surface area contributed by atoms with Crippen molar-refractivity contribution in [2.45, 2.75) is 40.5 Å². The van der Waals surface area contributed by atoms with Gasteiger partial charge in [0.25, 0.3) is 0 Å². The van der Waals surface area contributed by atoms with Crippen LogP contribution in [0.1, 0.15) is 42.0 Å². The molecule has 0 saturated carbocycles. The van der Waals surface area contributed by atoms with Crippen molar-refractivity contribution in [2.24, 2.45) is 0 Å². The Labute approximate surface area is 252 Å². The molecule has 3 heterocycles. The van der Waals surface area contributed by atoms with Crippen molar-refractivity contribution in [3.63, 3.8) is 0 Å². The largest absolute Gasteiger partial charge is 0.457 e. The molecule has 0 unspecified atom stereocenters. The zero-order valence-corrected chi connectivity index (χ0v) is 25.2. The maximum Gasteiger partial charge on any atom is 0.137 e. The Hall–Kier alpha value is -5.16. The van der Waals surface area contributed by atoms with Crippen LogP contribution in [0.2, 0.25) is 0 Å². The molecule has 0 fully saturated rings. The fraction of sp³-hybridized carbons (Fsp3) is 0.158. The van der Waals surface area contributed by atoms with Crippen molar-refractivity contribution in [3.8, 4) is 34.1 Å². The van der Waals surface area contributed by atoms with E-state index in [0.29, 0.717) is 5.92 Å². The number of benzene rings is 4.